The SMILES string of the molecule is CCC(C(=O)NC)N(Cc1ccccc1)C(=O)CSc1ccc(C)cc1. The molecule has 1 unspecified atom stereocenters. The summed E-state index contributed by atoms with van der Waals surface area (Å²) < 4.78 is 0. The van der Waals surface area contributed by atoms with Gasteiger partial charge in [-0.05, 0) is 31.0 Å². The number of hydrogen-bond donors (Lipinski definition) is 1. The van der Waals surface area contributed by atoms with Crippen LogP contribution < -0.4 is 5.32 Å². The molecule has 0 saturated carbocycles. The monoisotopic (exact) mass is 370 g/mol. The smallest absolute Gasteiger partial charge is 0.242 e. The average molecular weight is 371 g/mol. The third-order valence-electron chi connectivity index (χ3n) is 4.21. The number of amides is 2. The summed E-state index contributed by atoms with van der Waals surface area (Å²) in [4.78, 5) is 28.0. The number of aryl methyl sites for hydroxylation is 1. The summed E-state index contributed by atoms with van der Waals surface area (Å²) in [5, 5.41) is 2.68. The fraction of sp³-hybridized carbons (Fsp3) is 0.333. The second kappa shape index (κ2) is 10.0. The van der Waals surface area contributed by atoms with Crippen molar-refractivity contribution in [3.63, 3.8) is 0 Å². The molecule has 4 nitrogen and oxygen atoms in total. The number of carbonyl (C=O) groups is 2. The van der Waals surface area contributed by atoms with Crippen LogP contribution in [0.25, 0.3) is 0 Å². The Bertz CT molecular complexity index is 717. The Kier molecular flexibility index (Phi) is 7.73. The molecule has 26 heavy (non-hydrogen) atoms. The third kappa shape index (κ3) is 5.63. The van der Waals surface area contributed by atoms with E-state index in [0.29, 0.717) is 18.7 Å². The van der Waals surface area contributed by atoms with Crippen molar-refractivity contribution < 1.29 is 9.59 Å². The highest BCUT2D eigenvalue weighted by molar-refractivity contribution is 8.00. The molecule has 0 aromatic heterocycles. The summed E-state index contributed by atoms with van der Waals surface area (Å²) in [5.41, 5.74) is 2.21. The number of likely N-dealkylation sites (N-methyl/N-ethyl adjacent to an activating group) is 1. The summed E-state index contributed by atoms with van der Waals surface area (Å²) in [6.07, 6.45) is 0.577. The van der Waals surface area contributed by atoms with Gasteiger partial charge in [0.05, 0.1) is 5.75 Å². The van der Waals surface area contributed by atoms with Gasteiger partial charge in [0.15, 0.2) is 0 Å². The molecule has 0 saturated heterocycles. The second-order valence-electron chi connectivity index (χ2n) is 6.15. The summed E-state index contributed by atoms with van der Waals surface area (Å²) >= 11 is 1.50. The van der Waals surface area contributed by atoms with E-state index in [1.165, 1.54) is 17.3 Å². The van der Waals surface area contributed by atoms with Crippen LogP contribution in [0, 0.1) is 6.92 Å². The molecule has 2 rings (SSSR count). The molecule has 0 heterocycles. The van der Waals surface area contributed by atoms with Crippen LogP contribution in [0.3, 0.4) is 0 Å². The largest absolute Gasteiger partial charge is 0.357 e. The van der Waals surface area contributed by atoms with Gasteiger partial charge in [-0.3, -0.25) is 9.59 Å². The third-order valence-corrected chi connectivity index (χ3v) is 5.21. The first-order valence-corrected chi connectivity index (χ1v) is 9.78. The average Bonchev–Trinajstić information content (AvgIpc) is 2.67. The van der Waals surface area contributed by atoms with Crippen molar-refractivity contribution in [2.24, 2.45) is 0 Å². The predicted molar refractivity (Wildman–Crippen MR) is 107 cm³/mol. The lowest BCUT2D eigenvalue weighted by atomic mass is 10.1. The van der Waals surface area contributed by atoms with Gasteiger partial charge in [0.1, 0.15) is 6.04 Å². The maximum Gasteiger partial charge on any atom is 0.242 e. The molecule has 0 radical (unpaired) electrons. The molecule has 138 valence electrons. The first-order valence-electron chi connectivity index (χ1n) is 8.79. The van der Waals surface area contributed by atoms with E-state index in [0.717, 1.165) is 10.5 Å². The molecule has 0 aliphatic heterocycles. The molecule has 5 heteroatoms. The van der Waals surface area contributed by atoms with Crippen molar-refractivity contribution in [3.05, 3.63) is 65.7 Å². The topological polar surface area (TPSA) is 49.4 Å². The lowest BCUT2D eigenvalue weighted by Crippen LogP contribution is -2.48. The molecule has 0 aliphatic rings. The van der Waals surface area contributed by atoms with Gasteiger partial charge >= 0.3 is 0 Å². The van der Waals surface area contributed by atoms with E-state index in [2.05, 4.69) is 5.32 Å². The van der Waals surface area contributed by atoms with E-state index >= 15 is 0 Å². The van der Waals surface area contributed by atoms with Crippen LogP contribution in [0.4, 0.5) is 0 Å². The van der Waals surface area contributed by atoms with Crippen LogP contribution in [0.15, 0.2) is 59.5 Å². The molecular formula is C21H26N2O2S. The summed E-state index contributed by atoms with van der Waals surface area (Å²) in [6, 6.07) is 17.4. The highest BCUT2D eigenvalue weighted by Gasteiger charge is 2.27. The lowest BCUT2D eigenvalue weighted by molar-refractivity contribution is -0.139. The molecule has 0 fully saturated rings. The van der Waals surface area contributed by atoms with E-state index in [1.807, 2.05) is 68.4 Å². The molecule has 0 spiro atoms. The quantitative estimate of drug-likeness (QED) is 0.722. The predicted octanol–water partition coefficient (Wildman–Crippen LogP) is 3.64. The normalized spacial score (nSPS) is 11.7. The Hall–Kier alpha value is -2.27. The van der Waals surface area contributed by atoms with Crippen LogP contribution in [-0.4, -0.2) is 35.6 Å². The number of carbonyl (C=O) groups excluding carboxylic acids is 2. The van der Waals surface area contributed by atoms with Gasteiger partial charge in [-0.2, -0.15) is 0 Å². The standard InChI is InChI=1S/C21H26N2O2S/c1-4-19(21(25)22-3)23(14-17-8-6-5-7-9-17)20(24)15-26-18-12-10-16(2)11-13-18/h5-13,19H,4,14-15H2,1-3H3,(H,22,25). The van der Waals surface area contributed by atoms with Gasteiger partial charge in [-0.1, -0.05) is 55.0 Å². The zero-order valence-corrected chi connectivity index (χ0v) is 16.4. The van der Waals surface area contributed by atoms with Gasteiger partial charge in [-0.25, -0.2) is 0 Å². The van der Waals surface area contributed by atoms with Crippen molar-refractivity contribution in [1.82, 2.24) is 10.2 Å². The number of benzene rings is 2. The van der Waals surface area contributed by atoms with Crippen LogP contribution in [-0.2, 0) is 16.1 Å². The minimum Gasteiger partial charge on any atom is -0.357 e. The lowest BCUT2D eigenvalue weighted by Gasteiger charge is -2.30. The Morgan fingerprint density at radius 3 is 2.31 bits per heavy atom. The van der Waals surface area contributed by atoms with Gasteiger partial charge in [-0.15, -0.1) is 11.8 Å². The molecule has 0 bridgehead atoms. The molecule has 0 aliphatic carbocycles. The van der Waals surface area contributed by atoms with E-state index in [-0.39, 0.29) is 11.8 Å². The fourth-order valence-electron chi connectivity index (χ4n) is 2.73. The first-order chi connectivity index (χ1) is 12.5. The maximum absolute atomic E-state index is 12.9. The number of rotatable bonds is 8. The van der Waals surface area contributed by atoms with Crippen molar-refractivity contribution in [1.29, 1.82) is 0 Å². The zero-order chi connectivity index (χ0) is 18.9. The van der Waals surface area contributed by atoms with Gasteiger partial charge < -0.3 is 10.2 Å². The Morgan fingerprint density at radius 1 is 1.08 bits per heavy atom. The minimum absolute atomic E-state index is 0.0325. The molecule has 1 N–H and O–H groups in total. The highest BCUT2D eigenvalue weighted by atomic mass is 32.2. The van der Waals surface area contributed by atoms with Crippen LogP contribution in [0.2, 0.25) is 0 Å². The van der Waals surface area contributed by atoms with Crippen molar-refractivity contribution in [3.8, 4) is 0 Å². The molecule has 2 amide bonds. The fourth-order valence-corrected chi connectivity index (χ4v) is 3.51. The molecular weight excluding hydrogens is 344 g/mol. The Balaban J connectivity index is 2.13. The van der Waals surface area contributed by atoms with E-state index in [4.69, 9.17) is 0 Å². The van der Waals surface area contributed by atoms with Crippen molar-refractivity contribution in [2.75, 3.05) is 12.8 Å². The number of thioether (sulfide) groups is 1. The summed E-state index contributed by atoms with van der Waals surface area (Å²) in [5.74, 6) is 0.149. The highest BCUT2D eigenvalue weighted by Crippen LogP contribution is 2.21. The molecule has 1 atom stereocenters. The van der Waals surface area contributed by atoms with E-state index in [9.17, 15) is 9.59 Å². The van der Waals surface area contributed by atoms with Gasteiger partial charge in [0.2, 0.25) is 11.8 Å². The number of nitrogens with one attached hydrogen (secondary N) is 1. The second-order valence-corrected chi connectivity index (χ2v) is 7.20. The Morgan fingerprint density at radius 2 is 1.73 bits per heavy atom. The Labute approximate surface area is 160 Å². The van der Waals surface area contributed by atoms with Crippen LogP contribution in [0.5, 0.6) is 0 Å². The zero-order valence-electron chi connectivity index (χ0n) is 15.6. The van der Waals surface area contributed by atoms with Gasteiger partial charge in [0.25, 0.3) is 0 Å². The van der Waals surface area contributed by atoms with Crippen LogP contribution in [0.1, 0.15) is 24.5 Å². The molecule has 2 aromatic rings. The van der Waals surface area contributed by atoms with Crippen LogP contribution >= 0.6 is 11.8 Å². The maximum atomic E-state index is 12.9. The summed E-state index contributed by atoms with van der Waals surface area (Å²) in [7, 11) is 1.61. The number of nitrogens with zero attached hydrogens (tertiary/aromatic N) is 1. The first kappa shape index (κ1) is 20.0. The van der Waals surface area contributed by atoms with Gasteiger partial charge in [0, 0.05) is 18.5 Å². The minimum atomic E-state index is -0.466. The van der Waals surface area contributed by atoms with Crippen molar-refractivity contribution >= 4 is 23.6 Å². The van der Waals surface area contributed by atoms with E-state index in [1.54, 1.807) is 11.9 Å². The summed E-state index contributed by atoms with van der Waals surface area (Å²) in [6.45, 7) is 4.40. The number of hydrogen-bond acceptors (Lipinski definition) is 3. The van der Waals surface area contributed by atoms with Crippen molar-refractivity contribution in [2.45, 2.75) is 37.8 Å². The van der Waals surface area contributed by atoms with E-state index < -0.39 is 6.04 Å². The molecule has 2 aromatic carbocycles.